The van der Waals surface area contributed by atoms with Gasteiger partial charge in [0.2, 0.25) is 17.2 Å². The predicted octanol–water partition coefficient (Wildman–Crippen LogP) is 2.17. The molecule has 2 unspecified atom stereocenters. The van der Waals surface area contributed by atoms with E-state index in [0.717, 1.165) is 5.57 Å². The first-order valence-corrected chi connectivity index (χ1v) is 9.28. The summed E-state index contributed by atoms with van der Waals surface area (Å²) >= 11 is 0. The standard InChI is InChI=1S/C23H28N4O3/c1-8-15-30-23(7,10-3)19(17(4)5)26-20(24)22(6,9-2)21(28)25-16-18-13-11-12-14-27(18)29/h2-3,8,11-15H,16H2,1,4-7H3,(H2,24,26)(H,25,28)/b15-8-. The number of carbonyl (C=O) groups excluding carboxylic acids is 1. The molecule has 0 spiro atoms. The molecule has 7 nitrogen and oxygen atoms in total. The van der Waals surface area contributed by atoms with Crippen LogP contribution in [-0.4, -0.2) is 17.3 Å². The second-order valence-electron chi connectivity index (χ2n) is 7.08. The molecule has 30 heavy (non-hydrogen) atoms. The zero-order valence-corrected chi connectivity index (χ0v) is 18.0. The highest BCUT2D eigenvalue weighted by Crippen LogP contribution is 2.28. The highest BCUT2D eigenvalue weighted by molar-refractivity contribution is 6.10. The molecule has 0 saturated heterocycles. The third-order valence-corrected chi connectivity index (χ3v) is 4.46. The number of nitrogens with two attached hydrogens (primary N) is 1. The highest BCUT2D eigenvalue weighted by Gasteiger charge is 2.38. The maximum Gasteiger partial charge on any atom is 0.246 e. The van der Waals surface area contributed by atoms with Gasteiger partial charge in [-0.3, -0.25) is 4.79 Å². The van der Waals surface area contributed by atoms with Gasteiger partial charge in [0.1, 0.15) is 12.4 Å². The van der Waals surface area contributed by atoms with Crippen LogP contribution in [0.3, 0.4) is 0 Å². The van der Waals surface area contributed by atoms with Gasteiger partial charge < -0.3 is 21.0 Å². The van der Waals surface area contributed by atoms with Crippen LogP contribution in [0.2, 0.25) is 0 Å². The molecule has 7 heteroatoms. The van der Waals surface area contributed by atoms with Gasteiger partial charge in [0.15, 0.2) is 11.6 Å². The Kier molecular flexibility index (Phi) is 8.25. The summed E-state index contributed by atoms with van der Waals surface area (Å²) in [5, 5.41) is 14.4. The van der Waals surface area contributed by atoms with E-state index in [0.29, 0.717) is 16.1 Å². The second kappa shape index (κ2) is 10.2. The number of amides is 1. The summed E-state index contributed by atoms with van der Waals surface area (Å²) in [6, 6.07) is 4.88. The van der Waals surface area contributed by atoms with Crippen molar-refractivity contribution in [3.05, 3.63) is 58.9 Å². The van der Waals surface area contributed by atoms with Gasteiger partial charge in [-0.25, -0.2) is 4.99 Å². The van der Waals surface area contributed by atoms with E-state index in [1.54, 1.807) is 52.0 Å². The van der Waals surface area contributed by atoms with E-state index < -0.39 is 16.9 Å². The van der Waals surface area contributed by atoms with Crippen molar-refractivity contribution in [2.24, 2.45) is 16.1 Å². The predicted molar refractivity (Wildman–Crippen MR) is 117 cm³/mol. The van der Waals surface area contributed by atoms with E-state index >= 15 is 0 Å². The second-order valence-corrected chi connectivity index (χ2v) is 7.08. The molecule has 3 N–H and O–H groups in total. The van der Waals surface area contributed by atoms with E-state index in [1.165, 1.54) is 19.4 Å². The van der Waals surface area contributed by atoms with Crippen molar-refractivity contribution in [2.75, 3.05) is 0 Å². The average Bonchev–Trinajstić information content (AvgIpc) is 2.73. The Morgan fingerprint density at radius 2 is 2.03 bits per heavy atom. The number of nitrogens with zero attached hydrogens (tertiary/aromatic N) is 2. The van der Waals surface area contributed by atoms with Crippen LogP contribution in [0.25, 0.3) is 0 Å². The number of aliphatic imine (C=N–C) groups is 1. The molecular weight excluding hydrogens is 380 g/mol. The minimum Gasteiger partial charge on any atom is -0.618 e. The molecule has 1 aromatic rings. The number of nitrogens with one attached hydrogen (secondary N) is 1. The molecule has 1 rings (SSSR count). The summed E-state index contributed by atoms with van der Waals surface area (Å²) in [6.45, 7) is 8.51. The number of terminal acetylenes is 2. The Balaban J connectivity index is 3.25. The molecular formula is C23H28N4O3. The van der Waals surface area contributed by atoms with Gasteiger partial charge in [-0.15, -0.1) is 12.8 Å². The minimum absolute atomic E-state index is 0.0182. The van der Waals surface area contributed by atoms with Gasteiger partial charge in [0.25, 0.3) is 0 Å². The number of aromatic nitrogens is 1. The van der Waals surface area contributed by atoms with Crippen molar-refractivity contribution < 1.29 is 14.3 Å². The molecule has 0 saturated carbocycles. The van der Waals surface area contributed by atoms with Gasteiger partial charge in [0.05, 0.1) is 12.0 Å². The lowest BCUT2D eigenvalue weighted by Gasteiger charge is -2.28. The fourth-order valence-corrected chi connectivity index (χ4v) is 2.49. The Labute approximate surface area is 178 Å². The number of carbonyl (C=O) groups is 1. The number of allylic oxidation sites excluding steroid dienone is 2. The topological polar surface area (TPSA) is 104 Å². The van der Waals surface area contributed by atoms with Gasteiger partial charge in [-0.2, -0.15) is 4.73 Å². The number of ether oxygens (including phenoxy) is 1. The van der Waals surface area contributed by atoms with Gasteiger partial charge >= 0.3 is 0 Å². The molecule has 0 bridgehead atoms. The zero-order valence-electron chi connectivity index (χ0n) is 18.0. The fourth-order valence-electron chi connectivity index (χ4n) is 2.49. The first-order valence-electron chi connectivity index (χ1n) is 9.28. The summed E-state index contributed by atoms with van der Waals surface area (Å²) in [5.41, 5.74) is 4.88. The van der Waals surface area contributed by atoms with Crippen LogP contribution in [-0.2, 0) is 16.1 Å². The van der Waals surface area contributed by atoms with Crippen LogP contribution < -0.4 is 15.8 Å². The summed E-state index contributed by atoms with van der Waals surface area (Å²) in [6.07, 6.45) is 15.8. The summed E-state index contributed by atoms with van der Waals surface area (Å²) in [5.74, 6) is 4.28. The highest BCUT2D eigenvalue weighted by atomic mass is 16.5. The summed E-state index contributed by atoms with van der Waals surface area (Å²) in [4.78, 5) is 17.3. The molecule has 1 amide bonds. The summed E-state index contributed by atoms with van der Waals surface area (Å²) in [7, 11) is 0. The quantitative estimate of drug-likeness (QED) is 0.172. The van der Waals surface area contributed by atoms with Crippen molar-refractivity contribution in [2.45, 2.75) is 46.8 Å². The molecule has 0 aliphatic carbocycles. The Morgan fingerprint density at radius 1 is 1.37 bits per heavy atom. The van der Waals surface area contributed by atoms with E-state index in [9.17, 15) is 10.0 Å². The lowest BCUT2D eigenvalue weighted by molar-refractivity contribution is -0.614. The molecule has 0 radical (unpaired) electrons. The molecule has 0 fully saturated rings. The molecule has 0 aliphatic heterocycles. The lowest BCUT2D eigenvalue weighted by atomic mass is 9.88. The molecule has 0 aromatic carbocycles. The molecule has 0 aliphatic rings. The smallest absolute Gasteiger partial charge is 0.246 e. The van der Waals surface area contributed by atoms with E-state index in [2.05, 4.69) is 22.2 Å². The van der Waals surface area contributed by atoms with E-state index in [1.807, 2.05) is 0 Å². The average molecular weight is 409 g/mol. The molecule has 1 aromatic heterocycles. The number of pyridine rings is 1. The van der Waals surface area contributed by atoms with Crippen molar-refractivity contribution in [3.8, 4) is 24.7 Å². The number of rotatable bonds is 8. The first kappa shape index (κ1) is 24.3. The first-order chi connectivity index (χ1) is 14.1. The maximum absolute atomic E-state index is 12.8. The largest absolute Gasteiger partial charge is 0.618 e. The lowest BCUT2D eigenvalue weighted by Crippen LogP contribution is -2.48. The van der Waals surface area contributed by atoms with E-state index in [4.69, 9.17) is 23.3 Å². The zero-order chi connectivity index (χ0) is 22.9. The minimum atomic E-state index is -1.57. The molecule has 158 valence electrons. The molecule has 2 atom stereocenters. The molecule has 1 heterocycles. The monoisotopic (exact) mass is 408 g/mol. The van der Waals surface area contributed by atoms with Crippen molar-refractivity contribution in [1.82, 2.24) is 5.32 Å². The Morgan fingerprint density at radius 3 is 2.53 bits per heavy atom. The van der Waals surface area contributed by atoms with Gasteiger partial charge in [0, 0.05) is 12.1 Å². The van der Waals surface area contributed by atoms with Crippen LogP contribution in [0.15, 0.2) is 53.0 Å². The third-order valence-electron chi connectivity index (χ3n) is 4.46. The normalized spacial score (nSPS) is 15.2. The van der Waals surface area contributed by atoms with Crippen LogP contribution in [0.1, 0.15) is 40.3 Å². The van der Waals surface area contributed by atoms with Crippen molar-refractivity contribution >= 4 is 11.7 Å². The number of hydrogen-bond donors (Lipinski definition) is 2. The third kappa shape index (κ3) is 5.42. The fraction of sp³-hybridized carbons (Fsp3) is 0.348. The number of amidine groups is 1. The maximum atomic E-state index is 12.8. The van der Waals surface area contributed by atoms with Crippen LogP contribution in [0.5, 0.6) is 0 Å². The van der Waals surface area contributed by atoms with Crippen LogP contribution in [0, 0.1) is 35.3 Å². The van der Waals surface area contributed by atoms with Crippen molar-refractivity contribution in [1.29, 1.82) is 0 Å². The van der Waals surface area contributed by atoms with E-state index in [-0.39, 0.29) is 12.4 Å². The van der Waals surface area contributed by atoms with Crippen LogP contribution >= 0.6 is 0 Å². The Bertz CT molecular complexity index is 961. The van der Waals surface area contributed by atoms with Crippen molar-refractivity contribution in [3.63, 3.8) is 0 Å². The Hall–Kier alpha value is -3.71. The SMILES string of the molecule is C#CC(C)(O/C=C\C)C(/N=C(/N)C(C)(C#C)C(=O)NCc1cccc[n+]1[O-])=C(C)C. The van der Waals surface area contributed by atoms with Gasteiger partial charge in [-0.05, 0) is 46.3 Å². The summed E-state index contributed by atoms with van der Waals surface area (Å²) < 4.78 is 6.31. The number of hydrogen-bond acceptors (Lipinski definition) is 4. The van der Waals surface area contributed by atoms with Crippen LogP contribution in [0.4, 0.5) is 0 Å². The van der Waals surface area contributed by atoms with Gasteiger partial charge in [-0.1, -0.05) is 17.9 Å².